The molecule has 2 rings (SSSR count). The van der Waals surface area contributed by atoms with Crippen molar-refractivity contribution in [3.05, 3.63) is 58.9 Å². The first kappa shape index (κ1) is 12.3. The number of nitrogens with two attached hydrogens (primary N) is 1. The zero-order valence-corrected chi connectivity index (χ0v) is 10.6. The summed E-state index contributed by atoms with van der Waals surface area (Å²) in [6, 6.07) is 11.9. The van der Waals surface area contributed by atoms with Crippen molar-refractivity contribution in [2.75, 3.05) is 5.73 Å². The lowest BCUT2D eigenvalue weighted by atomic mass is 10.2. The molecule has 0 radical (unpaired) electrons. The lowest BCUT2D eigenvalue weighted by Gasteiger charge is -2.05. The van der Waals surface area contributed by atoms with E-state index in [1.54, 1.807) is 30.0 Å². The molecule has 0 fully saturated rings. The Morgan fingerprint density at radius 1 is 1.18 bits per heavy atom. The Labute approximate surface area is 109 Å². The monoisotopic (exact) mass is 267 g/mol. The van der Waals surface area contributed by atoms with E-state index < -0.39 is 0 Å². The summed E-state index contributed by atoms with van der Waals surface area (Å²) in [5.74, 6) is 0.447. The number of hydrogen-bond acceptors (Lipinski definition) is 2. The van der Waals surface area contributed by atoms with Crippen molar-refractivity contribution in [2.45, 2.75) is 10.6 Å². The van der Waals surface area contributed by atoms with Crippen molar-refractivity contribution in [2.24, 2.45) is 0 Å². The molecule has 2 aromatic rings. The second-order valence-electron chi connectivity index (χ2n) is 3.61. The van der Waals surface area contributed by atoms with Crippen molar-refractivity contribution in [3.8, 4) is 0 Å². The molecule has 0 spiro atoms. The quantitative estimate of drug-likeness (QED) is 0.661. The van der Waals surface area contributed by atoms with E-state index in [2.05, 4.69) is 0 Å². The van der Waals surface area contributed by atoms with E-state index in [1.807, 2.05) is 12.1 Å². The van der Waals surface area contributed by atoms with Crippen molar-refractivity contribution in [1.29, 1.82) is 0 Å². The largest absolute Gasteiger partial charge is 0.399 e. The van der Waals surface area contributed by atoms with Crippen LogP contribution in [-0.2, 0) is 5.75 Å². The van der Waals surface area contributed by atoms with Gasteiger partial charge in [-0.2, -0.15) is 0 Å². The van der Waals surface area contributed by atoms with Gasteiger partial charge in [0, 0.05) is 16.3 Å². The van der Waals surface area contributed by atoms with Crippen molar-refractivity contribution in [1.82, 2.24) is 0 Å². The van der Waals surface area contributed by atoms with Gasteiger partial charge in [-0.1, -0.05) is 23.7 Å². The van der Waals surface area contributed by atoms with Crippen molar-refractivity contribution in [3.63, 3.8) is 0 Å². The minimum atomic E-state index is -0.221. The van der Waals surface area contributed by atoms with Crippen LogP contribution in [0.3, 0.4) is 0 Å². The standard InChI is InChI=1S/C13H11ClFNS/c14-12-5-4-11(16)7-13(12)17-8-9-2-1-3-10(15)6-9/h1-7H,8,16H2. The highest BCUT2D eigenvalue weighted by atomic mass is 35.5. The maximum Gasteiger partial charge on any atom is 0.123 e. The maximum absolute atomic E-state index is 13.0. The molecule has 0 unspecified atom stereocenters. The number of anilines is 1. The number of hydrogen-bond donors (Lipinski definition) is 1. The summed E-state index contributed by atoms with van der Waals surface area (Å²) < 4.78 is 13.0. The average Bonchev–Trinajstić information content (AvgIpc) is 2.30. The van der Waals surface area contributed by atoms with Gasteiger partial charge in [0.1, 0.15) is 5.82 Å². The normalized spacial score (nSPS) is 10.5. The van der Waals surface area contributed by atoms with Gasteiger partial charge in [0.05, 0.1) is 5.02 Å². The maximum atomic E-state index is 13.0. The van der Waals surface area contributed by atoms with Crippen LogP contribution in [0.15, 0.2) is 47.4 Å². The summed E-state index contributed by atoms with van der Waals surface area (Å²) >= 11 is 7.59. The summed E-state index contributed by atoms with van der Waals surface area (Å²) in [4.78, 5) is 0.913. The zero-order valence-electron chi connectivity index (χ0n) is 8.99. The van der Waals surface area contributed by atoms with Gasteiger partial charge >= 0.3 is 0 Å². The van der Waals surface area contributed by atoms with Crippen LogP contribution < -0.4 is 5.73 Å². The zero-order chi connectivity index (χ0) is 12.3. The second kappa shape index (κ2) is 5.43. The molecule has 2 N–H and O–H groups in total. The molecule has 0 atom stereocenters. The molecule has 0 aliphatic rings. The lowest BCUT2D eigenvalue weighted by molar-refractivity contribution is 0.626. The summed E-state index contributed by atoms with van der Waals surface area (Å²) in [6.45, 7) is 0. The number of nitrogen functional groups attached to an aromatic ring is 1. The van der Waals surface area contributed by atoms with Gasteiger partial charge in [-0.3, -0.25) is 0 Å². The Balaban J connectivity index is 2.09. The molecule has 0 aliphatic carbocycles. The molecule has 17 heavy (non-hydrogen) atoms. The summed E-state index contributed by atoms with van der Waals surface area (Å²) in [5, 5.41) is 0.667. The van der Waals surface area contributed by atoms with Crippen molar-refractivity contribution >= 4 is 29.1 Å². The smallest absolute Gasteiger partial charge is 0.123 e. The van der Waals surface area contributed by atoms with E-state index in [4.69, 9.17) is 17.3 Å². The molecular formula is C13H11ClFNS. The number of rotatable bonds is 3. The summed E-state index contributed by atoms with van der Waals surface area (Å²) in [6.07, 6.45) is 0. The predicted molar refractivity (Wildman–Crippen MR) is 71.8 cm³/mol. The average molecular weight is 268 g/mol. The highest BCUT2D eigenvalue weighted by Gasteiger charge is 2.03. The van der Waals surface area contributed by atoms with Gasteiger partial charge in [-0.15, -0.1) is 11.8 Å². The third-order valence-corrected chi connectivity index (χ3v) is 3.81. The minimum absolute atomic E-state index is 0.221. The molecule has 0 amide bonds. The van der Waals surface area contributed by atoms with Gasteiger partial charge in [-0.25, -0.2) is 4.39 Å². The van der Waals surface area contributed by atoms with E-state index in [9.17, 15) is 4.39 Å². The van der Waals surface area contributed by atoms with E-state index in [-0.39, 0.29) is 5.82 Å². The molecule has 4 heteroatoms. The number of benzene rings is 2. The van der Waals surface area contributed by atoms with Gasteiger partial charge in [0.25, 0.3) is 0 Å². The molecule has 88 valence electrons. The van der Waals surface area contributed by atoms with Gasteiger partial charge in [-0.05, 0) is 35.9 Å². The molecular weight excluding hydrogens is 257 g/mol. The van der Waals surface area contributed by atoms with Crippen LogP contribution in [0, 0.1) is 5.82 Å². The molecule has 0 saturated carbocycles. The van der Waals surface area contributed by atoms with Crippen LogP contribution in [0.2, 0.25) is 5.02 Å². The van der Waals surface area contributed by atoms with E-state index in [0.29, 0.717) is 16.5 Å². The molecule has 0 bridgehead atoms. The first-order valence-electron chi connectivity index (χ1n) is 5.07. The molecule has 0 saturated heterocycles. The Morgan fingerprint density at radius 3 is 2.76 bits per heavy atom. The Bertz CT molecular complexity index is 531. The highest BCUT2D eigenvalue weighted by molar-refractivity contribution is 7.98. The topological polar surface area (TPSA) is 26.0 Å². The van der Waals surface area contributed by atoms with Crippen LogP contribution >= 0.6 is 23.4 Å². The first-order valence-corrected chi connectivity index (χ1v) is 6.44. The fourth-order valence-electron chi connectivity index (χ4n) is 1.42. The Hall–Kier alpha value is -1.19. The summed E-state index contributed by atoms with van der Waals surface area (Å²) in [7, 11) is 0. The van der Waals surface area contributed by atoms with Crippen molar-refractivity contribution < 1.29 is 4.39 Å². The minimum Gasteiger partial charge on any atom is -0.399 e. The fraction of sp³-hybridized carbons (Fsp3) is 0.0769. The third-order valence-electron chi connectivity index (χ3n) is 2.24. The summed E-state index contributed by atoms with van der Waals surface area (Å²) in [5.41, 5.74) is 7.29. The predicted octanol–water partition coefficient (Wildman–Crippen LogP) is 4.35. The molecule has 1 nitrogen and oxygen atoms in total. The van der Waals surface area contributed by atoms with Crippen LogP contribution in [0.4, 0.5) is 10.1 Å². The first-order chi connectivity index (χ1) is 8.15. The van der Waals surface area contributed by atoms with Crippen LogP contribution in [0.5, 0.6) is 0 Å². The number of halogens is 2. The van der Waals surface area contributed by atoms with E-state index >= 15 is 0 Å². The molecule has 0 aliphatic heterocycles. The van der Waals surface area contributed by atoms with Gasteiger partial charge in [0.2, 0.25) is 0 Å². The molecule has 0 heterocycles. The second-order valence-corrected chi connectivity index (χ2v) is 5.03. The SMILES string of the molecule is Nc1ccc(Cl)c(SCc2cccc(F)c2)c1. The fourth-order valence-corrected chi connectivity index (χ4v) is 2.63. The highest BCUT2D eigenvalue weighted by Crippen LogP contribution is 2.31. The van der Waals surface area contributed by atoms with Crippen LogP contribution in [0.1, 0.15) is 5.56 Å². The number of thioether (sulfide) groups is 1. The van der Waals surface area contributed by atoms with Crippen LogP contribution in [0.25, 0.3) is 0 Å². The third kappa shape index (κ3) is 3.38. The van der Waals surface area contributed by atoms with E-state index in [1.165, 1.54) is 12.1 Å². The van der Waals surface area contributed by atoms with E-state index in [0.717, 1.165) is 10.5 Å². The van der Waals surface area contributed by atoms with Gasteiger partial charge in [0.15, 0.2) is 0 Å². The molecule has 2 aromatic carbocycles. The van der Waals surface area contributed by atoms with Gasteiger partial charge < -0.3 is 5.73 Å². The lowest BCUT2D eigenvalue weighted by Crippen LogP contribution is -1.86. The Kier molecular flexibility index (Phi) is 3.92. The van der Waals surface area contributed by atoms with Crippen LogP contribution in [-0.4, -0.2) is 0 Å². The Morgan fingerprint density at radius 2 is 2.00 bits per heavy atom. The molecule has 0 aromatic heterocycles.